The number of rotatable bonds is 10. The average molecular weight is 633 g/mol. The normalized spacial score (nSPS) is 12.6. The summed E-state index contributed by atoms with van der Waals surface area (Å²) in [6.45, 7) is 12.6. The van der Waals surface area contributed by atoms with Gasteiger partial charge in [0, 0.05) is 12.1 Å². The van der Waals surface area contributed by atoms with Crippen molar-refractivity contribution in [2.24, 2.45) is 0 Å². The summed E-state index contributed by atoms with van der Waals surface area (Å²) in [5.74, 6) is -0.682. The highest BCUT2D eigenvalue weighted by atomic mass is 35.5. The van der Waals surface area contributed by atoms with Crippen LogP contribution in [0.3, 0.4) is 0 Å². The number of halogens is 2. The quantitative estimate of drug-likeness (QED) is 0.262. The number of hydrogen-bond donors (Lipinski definition) is 1. The summed E-state index contributed by atoms with van der Waals surface area (Å²) >= 11 is 12.3. The second-order valence-corrected chi connectivity index (χ2v) is 14.4. The van der Waals surface area contributed by atoms with Gasteiger partial charge in [0.25, 0.3) is 10.0 Å². The average Bonchev–Trinajstić information content (AvgIpc) is 2.91. The molecule has 1 N–H and O–H groups in total. The number of benzene rings is 3. The molecule has 3 aromatic carbocycles. The number of carbonyl (C=O) groups is 2. The molecule has 0 aliphatic carbocycles. The molecule has 0 aliphatic heterocycles. The van der Waals surface area contributed by atoms with Crippen LogP contribution in [-0.4, -0.2) is 43.3 Å². The molecule has 7 nitrogen and oxygen atoms in total. The van der Waals surface area contributed by atoms with Crippen LogP contribution in [0, 0.1) is 6.92 Å². The largest absolute Gasteiger partial charge is 0.350 e. The van der Waals surface area contributed by atoms with Crippen LogP contribution in [0.4, 0.5) is 5.69 Å². The van der Waals surface area contributed by atoms with Crippen LogP contribution in [0.25, 0.3) is 0 Å². The summed E-state index contributed by atoms with van der Waals surface area (Å²) < 4.78 is 29.1. The Morgan fingerprint density at radius 3 is 2.00 bits per heavy atom. The number of nitrogens with zero attached hydrogens (tertiary/aromatic N) is 2. The van der Waals surface area contributed by atoms with E-state index in [-0.39, 0.29) is 23.3 Å². The zero-order chi connectivity index (χ0) is 31.4. The van der Waals surface area contributed by atoms with E-state index >= 15 is 0 Å². The van der Waals surface area contributed by atoms with Crippen LogP contribution in [0.1, 0.15) is 64.2 Å². The van der Waals surface area contributed by atoms with Crippen LogP contribution in [-0.2, 0) is 26.2 Å². The molecule has 2 amide bonds. The summed E-state index contributed by atoms with van der Waals surface area (Å²) in [5, 5.41) is 3.58. The number of aryl methyl sites for hydroxylation is 1. The smallest absolute Gasteiger partial charge is 0.264 e. The van der Waals surface area contributed by atoms with Crippen molar-refractivity contribution in [3.8, 4) is 0 Å². The Hall–Kier alpha value is -3.07. The van der Waals surface area contributed by atoms with Crippen molar-refractivity contribution in [1.29, 1.82) is 0 Å². The molecule has 0 bridgehead atoms. The Morgan fingerprint density at radius 2 is 1.48 bits per heavy atom. The van der Waals surface area contributed by atoms with Gasteiger partial charge in [-0.25, -0.2) is 8.42 Å². The fourth-order valence-electron chi connectivity index (χ4n) is 4.28. The molecule has 0 aromatic heterocycles. The van der Waals surface area contributed by atoms with Crippen LogP contribution in [0.2, 0.25) is 10.0 Å². The topological polar surface area (TPSA) is 86.8 Å². The van der Waals surface area contributed by atoms with Gasteiger partial charge in [-0.1, -0.05) is 72.9 Å². The SMILES string of the molecule is Cc1ccc(S(=O)(=O)N(CC(=O)N(Cc2ccc(Cl)c(Cl)c2)[C@H](C)C(=O)NC(C)(C)C)c2ccc(C(C)C)cc2)cc1. The molecule has 0 radical (unpaired) electrons. The molecule has 0 heterocycles. The lowest BCUT2D eigenvalue weighted by Crippen LogP contribution is -2.54. The number of nitrogens with one attached hydrogen (secondary N) is 1. The van der Waals surface area contributed by atoms with Crippen molar-refractivity contribution in [2.45, 2.75) is 77.4 Å². The Balaban J connectivity index is 2.07. The van der Waals surface area contributed by atoms with Crippen LogP contribution < -0.4 is 9.62 Å². The van der Waals surface area contributed by atoms with Crippen LogP contribution in [0.15, 0.2) is 71.6 Å². The van der Waals surface area contributed by atoms with E-state index in [2.05, 4.69) is 5.32 Å². The van der Waals surface area contributed by atoms with Gasteiger partial charge in [0.15, 0.2) is 0 Å². The highest BCUT2D eigenvalue weighted by Gasteiger charge is 2.33. The minimum Gasteiger partial charge on any atom is -0.350 e. The van der Waals surface area contributed by atoms with Gasteiger partial charge in [-0.3, -0.25) is 13.9 Å². The first-order chi connectivity index (χ1) is 19.5. The Labute approximate surface area is 259 Å². The van der Waals surface area contributed by atoms with Crippen molar-refractivity contribution in [2.75, 3.05) is 10.8 Å². The molecular weight excluding hydrogens is 593 g/mol. The second-order valence-electron chi connectivity index (χ2n) is 11.8. The maximum atomic E-state index is 14.1. The van der Waals surface area contributed by atoms with E-state index in [1.54, 1.807) is 49.4 Å². The first kappa shape index (κ1) is 33.4. The van der Waals surface area contributed by atoms with E-state index in [0.29, 0.717) is 21.3 Å². The predicted molar refractivity (Wildman–Crippen MR) is 171 cm³/mol. The maximum absolute atomic E-state index is 14.1. The zero-order valence-electron chi connectivity index (χ0n) is 25.1. The van der Waals surface area contributed by atoms with Gasteiger partial charge in [-0.15, -0.1) is 0 Å². The van der Waals surface area contributed by atoms with Gasteiger partial charge < -0.3 is 10.2 Å². The summed E-state index contributed by atoms with van der Waals surface area (Å²) in [4.78, 5) is 28.7. The zero-order valence-corrected chi connectivity index (χ0v) is 27.4. The Morgan fingerprint density at radius 1 is 0.881 bits per heavy atom. The van der Waals surface area contributed by atoms with Crippen molar-refractivity contribution >= 4 is 50.7 Å². The number of hydrogen-bond acceptors (Lipinski definition) is 4. The third kappa shape index (κ3) is 8.49. The molecule has 42 heavy (non-hydrogen) atoms. The first-order valence-corrected chi connectivity index (χ1v) is 15.9. The van der Waals surface area contributed by atoms with Gasteiger partial charge in [-0.05, 0) is 88.1 Å². The number of sulfonamides is 1. The summed E-state index contributed by atoms with van der Waals surface area (Å²) in [7, 11) is -4.15. The van der Waals surface area contributed by atoms with Crippen molar-refractivity contribution in [3.63, 3.8) is 0 Å². The van der Waals surface area contributed by atoms with Gasteiger partial charge in [0.1, 0.15) is 12.6 Å². The first-order valence-electron chi connectivity index (χ1n) is 13.7. The lowest BCUT2D eigenvalue weighted by molar-refractivity contribution is -0.140. The standard InChI is InChI=1S/C32H39Cl2N3O4S/c1-21(2)25-11-13-26(14-12-25)37(42(40,41)27-15-8-22(3)9-16-27)20-30(38)36(23(4)31(39)35-32(5,6)7)19-24-10-17-28(33)29(34)18-24/h8-18,21,23H,19-20H2,1-7H3,(H,35,39)/t23-/m1/s1. The number of carbonyl (C=O) groups excluding carboxylic acids is 2. The molecule has 0 spiro atoms. The fourth-order valence-corrected chi connectivity index (χ4v) is 6.02. The lowest BCUT2D eigenvalue weighted by atomic mass is 10.0. The Kier molecular flexibility index (Phi) is 10.7. The maximum Gasteiger partial charge on any atom is 0.264 e. The molecule has 1 atom stereocenters. The third-order valence-electron chi connectivity index (χ3n) is 6.74. The highest BCUT2D eigenvalue weighted by molar-refractivity contribution is 7.92. The van der Waals surface area contributed by atoms with Crippen molar-refractivity contribution in [1.82, 2.24) is 10.2 Å². The van der Waals surface area contributed by atoms with Gasteiger partial charge >= 0.3 is 0 Å². The number of amides is 2. The molecule has 10 heteroatoms. The van der Waals surface area contributed by atoms with E-state index in [4.69, 9.17) is 23.2 Å². The van der Waals surface area contributed by atoms with Crippen molar-refractivity contribution < 1.29 is 18.0 Å². The van der Waals surface area contributed by atoms with Gasteiger partial charge in [-0.2, -0.15) is 0 Å². The van der Waals surface area contributed by atoms with E-state index in [1.165, 1.54) is 17.0 Å². The second kappa shape index (κ2) is 13.5. The summed E-state index contributed by atoms with van der Waals surface area (Å²) in [6.07, 6.45) is 0. The predicted octanol–water partition coefficient (Wildman–Crippen LogP) is 6.95. The molecule has 0 fully saturated rings. The fraction of sp³-hybridized carbons (Fsp3) is 0.375. The molecule has 0 aliphatic rings. The molecular formula is C32H39Cl2N3O4S. The summed E-state index contributed by atoms with van der Waals surface area (Å²) in [5.41, 5.74) is 2.38. The van der Waals surface area contributed by atoms with Crippen LogP contribution >= 0.6 is 23.2 Å². The molecule has 3 aromatic rings. The number of anilines is 1. The molecule has 0 unspecified atom stereocenters. The van der Waals surface area contributed by atoms with Gasteiger partial charge in [0.05, 0.1) is 20.6 Å². The Bertz CT molecular complexity index is 1520. The van der Waals surface area contributed by atoms with E-state index < -0.39 is 34.1 Å². The molecule has 3 rings (SSSR count). The highest BCUT2D eigenvalue weighted by Crippen LogP contribution is 2.28. The van der Waals surface area contributed by atoms with E-state index in [9.17, 15) is 18.0 Å². The van der Waals surface area contributed by atoms with Gasteiger partial charge in [0.2, 0.25) is 11.8 Å². The monoisotopic (exact) mass is 631 g/mol. The summed E-state index contributed by atoms with van der Waals surface area (Å²) in [6, 6.07) is 17.6. The molecule has 0 saturated carbocycles. The third-order valence-corrected chi connectivity index (χ3v) is 9.27. The van der Waals surface area contributed by atoms with Crippen molar-refractivity contribution in [3.05, 3.63) is 93.5 Å². The van der Waals surface area contributed by atoms with E-state index in [1.807, 2.05) is 53.7 Å². The molecule has 226 valence electrons. The minimum atomic E-state index is -4.15. The molecule has 0 saturated heterocycles. The van der Waals surface area contributed by atoms with Crippen LogP contribution in [0.5, 0.6) is 0 Å². The lowest BCUT2D eigenvalue weighted by Gasteiger charge is -2.33. The van der Waals surface area contributed by atoms with E-state index in [0.717, 1.165) is 15.4 Å². The minimum absolute atomic E-state index is 0.0131.